The molecule has 8 heavy (non-hydrogen) atoms. The lowest BCUT2D eigenvalue weighted by Gasteiger charge is -2.08. The number of halogens is 1. The molecule has 0 bridgehead atoms. The van der Waals surface area contributed by atoms with Gasteiger partial charge in [0.2, 0.25) is 0 Å². The summed E-state index contributed by atoms with van der Waals surface area (Å²) in [6.45, 7) is 4.96. The molecule has 48 valence electrons. The van der Waals surface area contributed by atoms with Crippen LogP contribution in [-0.2, 0) is 0 Å². The van der Waals surface area contributed by atoms with Crippen molar-refractivity contribution in [2.24, 2.45) is 0 Å². The summed E-state index contributed by atoms with van der Waals surface area (Å²) in [6.07, 6.45) is 0. The van der Waals surface area contributed by atoms with E-state index in [2.05, 4.69) is 4.90 Å². The maximum Gasteiger partial charge on any atom is 0.0807 e. The Morgan fingerprint density at radius 2 is 2.25 bits per heavy atom. The Morgan fingerprint density at radius 1 is 1.50 bits per heavy atom. The Balaban J connectivity index is 2.22. The van der Waals surface area contributed by atoms with Gasteiger partial charge in [-0.15, -0.1) is 9.60 Å². The number of nitrogens with zero attached hydrogens (tertiary/aromatic N) is 2. The van der Waals surface area contributed by atoms with E-state index in [1.54, 1.807) is 0 Å². The Hall–Kier alpha value is -0.150. The molecule has 1 saturated heterocycles. The van der Waals surface area contributed by atoms with Gasteiger partial charge in [-0.3, -0.25) is 4.90 Å². The highest BCUT2D eigenvalue weighted by Crippen LogP contribution is 2.02. The smallest absolute Gasteiger partial charge is 0.0807 e. The molecule has 0 unspecified atom stereocenters. The molecule has 0 N–H and O–H groups in total. The van der Waals surface area contributed by atoms with E-state index in [1.165, 1.54) is 0 Å². The van der Waals surface area contributed by atoms with Crippen LogP contribution in [-0.4, -0.2) is 36.3 Å². The zero-order chi connectivity index (χ0) is 5.98. The van der Waals surface area contributed by atoms with Crippen LogP contribution in [0.5, 0.6) is 0 Å². The number of rotatable bonds is 1. The Labute approximate surface area is 48.8 Å². The summed E-state index contributed by atoms with van der Waals surface area (Å²) in [5, 5.41) is 0.837. The first-order valence-corrected chi connectivity index (χ1v) is 2.96. The van der Waals surface area contributed by atoms with Crippen molar-refractivity contribution >= 4 is 0 Å². The third-order valence-electron chi connectivity index (χ3n) is 1.46. The average Bonchev–Trinajstić information content (AvgIpc) is 2.14. The first-order valence-electron chi connectivity index (χ1n) is 2.96. The second-order valence-corrected chi connectivity index (χ2v) is 2.04. The molecule has 3 heteroatoms. The second kappa shape index (κ2) is 2.42. The van der Waals surface area contributed by atoms with Crippen molar-refractivity contribution in [2.75, 3.05) is 26.3 Å². The van der Waals surface area contributed by atoms with Crippen LogP contribution in [0.4, 0.5) is 4.48 Å². The van der Waals surface area contributed by atoms with Gasteiger partial charge in [-0.2, -0.15) is 0 Å². The minimum absolute atomic E-state index is 0.497. The van der Waals surface area contributed by atoms with Gasteiger partial charge in [0, 0.05) is 13.1 Å². The summed E-state index contributed by atoms with van der Waals surface area (Å²) in [7, 11) is 0. The van der Waals surface area contributed by atoms with Crippen LogP contribution in [0.25, 0.3) is 0 Å². The van der Waals surface area contributed by atoms with E-state index < -0.39 is 0 Å². The molecule has 0 spiro atoms. The lowest BCUT2D eigenvalue weighted by atomic mass is 10.6. The maximum atomic E-state index is 12.2. The predicted octanol–water partition coefficient (Wildman–Crippen LogP) is 0.466. The van der Waals surface area contributed by atoms with Crippen molar-refractivity contribution < 1.29 is 4.48 Å². The molecule has 0 aliphatic carbocycles. The third kappa shape index (κ3) is 1.17. The highest BCUT2D eigenvalue weighted by molar-refractivity contribution is 4.61. The maximum absolute atomic E-state index is 12.2. The van der Waals surface area contributed by atoms with Crippen molar-refractivity contribution in [1.82, 2.24) is 10.0 Å². The lowest BCUT2D eigenvalue weighted by Crippen LogP contribution is -2.20. The first-order chi connectivity index (χ1) is 3.83. The van der Waals surface area contributed by atoms with Crippen LogP contribution >= 0.6 is 0 Å². The van der Waals surface area contributed by atoms with Gasteiger partial charge in [-0.1, -0.05) is 6.92 Å². The fraction of sp³-hybridized carbons (Fsp3) is 1.00. The molecule has 1 rings (SSSR count). The van der Waals surface area contributed by atoms with Crippen LogP contribution in [0.15, 0.2) is 0 Å². The summed E-state index contributed by atoms with van der Waals surface area (Å²) < 4.78 is 12.2. The van der Waals surface area contributed by atoms with E-state index in [0.717, 1.165) is 18.2 Å². The number of likely N-dealkylation sites (N-methyl/N-ethyl adjacent to an activating group) is 1. The zero-order valence-corrected chi connectivity index (χ0v) is 5.10. The molecule has 0 aromatic rings. The molecule has 0 amide bonds. The topological polar surface area (TPSA) is 6.48 Å². The van der Waals surface area contributed by atoms with Gasteiger partial charge in [-0.25, -0.2) is 0 Å². The lowest BCUT2D eigenvalue weighted by molar-refractivity contribution is 0.0364. The zero-order valence-electron chi connectivity index (χ0n) is 5.10. The Bertz CT molecular complexity index is 76.8. The molecule has 0 aromatic heterocycles. The standard InChI is InChI=1S/C5H11FN2/c1-2-7-3-4-8(6)5-7/h2-5H2,1H3. The van der Waals surface area contributed by atoms with Crippen molar-refractivity contribution in [3.63, 3.8) is 0 Å². The minimum atomic E-state index is 0.497. The minimum Gasteiger partial charge on any atom is -0.287 e. The van der Waals surface area contributed by atoms with Crippen LogP contribution in [0.2, 0.25) is 0 Å². The van der Waals surface area contributed by atoms with E-state index in [9.17, 15) is 4.48 Å². The monoisotopic (exact) mass is 118 g/mol. The second-order valence-electron chi connectivity index (χ2n) is 2.04. The molecular formula is C5H11FN2. The highest BCUT2D eigenvalue weighted by Gasteiger charge is 2.16. The van der Waals surface area contributed by atoms with Crippen molar-refractivity contribution in [1.29, 1.82) is 0 Å². The van der Waals surface area contributed by atoms with Crippen LogP contribution in [0, 0.1) is 0 Å². The summed E-state index contributed by atoms with van der Waals surface area (Å²) >= 11 is 0. The summed E-state index contributed by atoms with van der Waals surface area (Å²) in [5.41, 5.74) is 0. The van der Waals surface area contributed by atoms with Crippen LogP contribution in [0.1, 0.15) is 6.92 Å². The van der Waals surface area contributed by atoms with E-state index in [1.807, 2.05) is 6.92 Å². The van der Waals surface area contributed by atoms with E-state index in [0.29, 0.717) is 13.2 Å². The molecule has 0 radical (unpaired) electrons. The highest BCUT2D eigenvalue weighted by atomic mass is 19.2. The molecule has 2 nitrogen and oxygen atoms in total. The average molecular weight is 118 g/mol. The molecule has 0 atom stereocenters. The fourth-order valence-corrected chi connectivity index (χ4v) is 0.866. The largest absolute Gasteiger partial charge is 0.287 e. The normalized spacial score (nSPS) is 24.8. The summed E-state index contributed by atoms with van der Waals surface area (Å²) in [4.78, 5) is 2.06. The van der Waals surface area contributed by atoms with Gasteiger partial charge in [0.25, 0.3) is 0 Å². The van der Waals surface area contributed by atoms with Gasteiger partial charge in [0.1, 0.15) is 0 Å². The predicted molar refractivity (Wildman–Crippen MR) is 29.9 cm³/mol. The molecule has 1 fully saturated rings. The van der Waals surface area contributed by atoms with Crippen LogP contribution < -0.4 is 0 Å². The van der Waals surface area contributed by atoms with Gasteiger partial charge >= 0.3 is 0 Å². The summed E-state index contributed by atoms with van der Waals surface area (Å²) in [6, 6.07) is 0. The van der Waals surface area contributed by atoms with E-state index in [4.69, 9.17) is 0 Å². The van der Waals surface area contributed by atoms with Crippen LogP contribution in [0.3, 0.4) is 0 Å². The van der Waals surface area contributed by atoms with Crippen molar-refractivity contribution in [3.8, 4) is 0 Å². The van der Waals surface area contributed by atoms with Gasteiger partial charge in [0.15, 0.2) is 0 Å². The molecule has 1 heterocycles. The molecule has 1 aliphatic rings. The molecule has 0 aromatic carbocycles. The van der Waals surface area contributed by atoms with Gasteiger partial charge in [-0.05, 0) is 6.54 Å². The number of hydrogen-bond acceptors (Lipinski definition) is 2. The first kappa shape index (κ1) is 5.98. The SMILES string of the molecule is CCN1CCN(F)C1. The Morgan fingerprint density at radius 3 is 2.50 bits per heavy atom. The summed E-state index contributed by atoms with van der Waals surface area (Å²) in [5.74, 6) is 0. The van der Waals surface area contributed by atoms with Crippen molar-refractivity contribution in [2.45, 2.75) is 6.92 Å². The number of hydrogen-bond donors (Lipinski definition) is 0. The quantitative estimate of drug-likeness (QED) is 0.462. The van der Waals surface area contributed by atoms with E-state index in [-0.39, 0.29) is 0 Å². The molecular weight excluding hydrogens is 107 g/mol. The fourth-order valence-electron chi connectivity index (χ4n) is 0.866. The van der Waals surface area contributed by atoms with Crippen molar-refractivity contribution in [3.05, 3.63) is 0 Å². The third-order valence-corrected chi connectivity index (χ3v) is 1.46. The van der Waals surface area contributed by atoms with E-state index >= 15 is 0 Å². The Kier molecular flexibility index (Phi) is 1.81. The molecule has 0 saturated carbocycles. The van der Waals surface area contributed by atoms with Gasteiger partial charge < -0.3 is 0 Å². The molecule has 1 aliphatic heterocycles. The van der Waals surface area contributed by atoms with Gasteiger partial charge in [0.05, 0.1) is 6.67 Å².